The van der Waals surface area contributed by atoms with Crippen LogP contribution < -0.4 is 0 Å². The van der Waals surface area contributed by atoms with Gasteiger partial charge in [-0.2, -0.15) is 0 Å². The van der Waals surface area contributed by atoms with E-state index in [4.69, 9.17) is 0 Å². The molecule has 0 spiro atoms. The van der Waals surface area contributed by atoms with E-state index in [9.17, 15) is 13.6 Å². The molecule has 0 aliphatic carbocycles. The summed E-state index contributed by atoms with van der Waals surface area (Å²) in [7, 11) is 0. The first kappa shape index (κ1) is 15.4. The van der Waals surface area contributed by atoms with Crippen molar-refractivity contribution in [3.8, 4) is 0 Å². The van der Waals surface area contributed by atoms with E-state index in [2.05, 4.69) is 0 Å². The van der Waals surface area contributed by atoms with Gasteiger partial charge in [0.05, 0.1) is 0 Å². The highest BCUT2D eigenvalue weighted by atomic mass is 19.2. The van der Waals surface area contributed by atoms with Gasteiger partial charge in [0.2, 0.25) is 0 Å². The molecule has 0 radical (unpaired) electrons. The molecule has 0 saturated carbocycles. The highest BCUT2D eigenvalue weighted by Crippen LogP contribution is 2.19. The topological polar surface area (TPSA) is 17.1 Å². The van der Waals surface area contributed by atoms with E-state index in [-0.39, 0.29) is 24.2 Å². The van der Waals surface area contributed by atoms with Gasteiger partial charge < -0.3 is 0 Å². The second-order valence-corrected chi connectivity index (χ2v) is 5.48. The molecule has 110 valence electrons. The van der Waals surface area contributed by atoms with Crippen molar-refractivity contribution in [1.82, 2.24) is 0 Å². The number of halogens is 2. The van der Waals surface area contributed by atoms with Crippen LogP contribution in [0.4, 0.5) is 8.78 Å². The molecule has 0 atom stereocenters. The highest BCUT2D eigenvalue weighted by molar-refractivity contribution is 5.83. The summed E-state index contributed by atoms with van der Waals surface area (Å²) in [6.07, 6.45) is 0.157. The van der Waals surface area contributed by atoms with E-state index < -0.39 is 11.6 Å². The summed E-state index contributed by atoms with van der Waals surface area (Å²) in [5.74, 6) is -1.96. The van der Waals surface area contributed by atoms with E-state index in [0.717, 1.165) is 28.3 Å². The fourth-order valence-electron chi connectivity index (χ4n) is 2.65. The Balaban J connectivity index is 2.18. The lowest BCUT2D eigenvalue weighted by Crippen LogP contribution is -2.10. The van der Waals surface area contributed by atoms with Crippen molar-refractivity contribution in [1.29, 1.82) is 0 Å². The summed E-state index contributed by atoms with van der Waals surface area (Å²) < 4.78 is 26.7. The predicted octanol–water partition coefficient (Wildman–Crippen LogP) is 4.24. The molecule has 2 rings (SSSR count). The van der Waals surface area contributed by atoms with Crippen molar-refractivity contribution >= 4 is 5.78 Å². The number of rotatable bonds is 4. The Morgan fingerprint density at radius 1 is 1.00 bits per heavy atom. The van der Waals surface area contributed by atoms with E-state index in [1.807, 2.05) is 32.9 Å². The third-order valence-electron chi connectivity index (χ3n) is 3.63. The van der Waals surface area contributed by atoms with Crippen LogP contribution in [-0.4, -0.2) is 5.78 Å². The quantitative estimate of drug-likeness (QED) is 0.822. The number of carbonyl (C=O) groups is 1. The Bertz CT molecular complexity index is 667. The van der Waals surface area contributed by atoms with E-state index in [1.165, 1.54) is 12.1 Å². The fraction of sp³-hybridized carbons (Fsp3) is 0.278. The Hall–Kier alpha value is -2.03. The van der Waals surface area contributed by atoms with Crippen LogP contribution >= 0.6 is 0 Å². The molecular formula is C18H18F2O. The first-order valence-electron chi connectivity index (χ1n) is 6.90. The van der Waals surface area contributed by atoms with Gasteiger partial charge in [0, 0.05) is 12.8 Å². The van der Waals surface area contributed by atoms with Gasteiger partial charge in [-0.1, -0.05) is 29.8 Å². The van der Waals surface area contributed by atoms with Gasteiger partial charge in [0.15, 0.2) is 11.6 Å². The molecule has 0 aliphatic heterocycles. The van der Waals surface area contributed by atoms with Crippen LogP contribution in [0.3, 0.4) is 0 Å². The second-order valence-electron chi connectivity index (χ2n) is 5.48. The molecule has 0 bridgehead atoms. The van der Waals surface area contributed by atoms with Gasteiger partial charge in [-0.25, -0.2) is 8.78 Å². The lowest BCUT2D eigenvalue weighted by atomic mass is 9.94. The summed E-state index contributed by atoms with van der Waals surface area (Å²) in [6, 6.07) is 7.98. The minimum absolute atomic E-state index is 0.0870. The summed E-state index contributed by atoms with van der Waals surface area (Å²) >= 11 is 0. The summed E-state index contributed by atoms with van der Waals surface area (Å²) in [5.41, 5.74) is 4.35. The fourth-order valence-corrected chi connectivity index (χ4v) is 2.65. The number of hydrogen-bond acceptors (Lipinski definition) is 1. The van der Waals surface area contributed by atoms with E-state index in [0.29, 0.717) is 0 Å². The molecule has 0 N–H and O–H groups in total. The molecule has 1 nitrogen and oxygen atoms in total. The van der Waals surface area contributed by atoms with Crippen LogP contribution in [0.25, 0.3) is 0 Å². The highest BCUT2D eigenvalue weighted by Gasteiger charge is 2.14. The van der Waals surface area contributed by atoms with Crippen LogP contribution in [0.1, 0.15) is 27.8 Å². The van der Waals surface area contributed by atoms with Crippen molar-refractivity contribution in [2.45, 2.75) is 33.6 Å². The van der Waals surface area contributed by atoms with Crippen LogP contribution in [-0.2, 0) is 17.6 Å². The first-order chi connectivity index (χ1) is 9.88. The van der Waals surface area contributed by atoms with Gasteiger partial charge >= 0.3 is 0 Å². The molecule has 2 aromatic rings. The maximum Gasteiger partial charge on any atom is 0.162 e. The number of Topliss-reactive ketones (excluding diaryl/α,β-unsaturated/α-hetero) is 1. The Morgan fingerprint density at radius 3 is 2.24 bits per heavy atom. The smallest absolute Gasteiger partial charge is 0.162 e. The molecule has 0 heterocycles. The summed E-state index contributed by atoms with van der Waals surface area (Å²) in [6.45, 7) is 5.94. The van der Waals surface area contributed by atoms with E-state index >= 15 is 0 Å². The normalized spacial score (nSPS) is 10.7. The van der Waals surface area contributed by atoms with Crippen molar-refractivity contribution in [3.63, 3.8) is 0 Å². The summed E-state index contributed by atoms with van der Waals surface area (Å²) in [5, 5.41) is 0. The third kappa shape index (κ3) is 3.54. The zero-order valence-electron chi connectivity index (χ0n) is 12.5. The van der Waals surface area contributed by atoms with Crippen LogP contribution in [0, 0.1) is 32.4 Å². The molecule has 0 aliphatic rings. The van der Waals surface area contributed by atoms with Crippen molar-refractivity contribution in [3.05, 3.63) is 69.8 Å². The second kappa shape index (κ2) is 6.17. The molecule has 21 heavy (non-hydrogen) atoms. The lowest BCUT2D eigenvalue weighted by molar-refractivity contribution is -0.117. The molecule has 0 unspecified atom stereocenters. The number of aryl methyl sites for hydroxylation is 3. The van der Waals surface area contributed by atoms with Gasteiger partial charge in [0.25, 0.3) is 0 Å². The minimum Gasteiger partial charge on any atom is -0.299 e. The number of hydrogen-bond donors (Lipinski definition) is 0. The average Bonchev–Trinajstić information content (AvgIpc) is 2.39. The third-order valence-corrected chi connectivity index (χ3v) is 3.63. The zero-order chi connectivity index (χ0) is 15.6. The molecule has 0 aromatic heterocycles. The van der Waals surface area contributed by atoms with Crippen molar-refractivity contribution < 1.29 is 13.6 Å². The van der Waals surface area contributed by atoms with Crippen molar-refractivity contribution in [2.75, 3.05) is 0 Å². The van der Waals surface area contributed by atoms with Crippen LogP contribution in [0.2, 0.25) is 0 Å². The number of carbonyl (C=O) groups excluding carboxylic acids is 1. The molecule has 3 heteroatoms. The molecule has 0 fully saturated rings. The number of benzene rings is 2. The lowest BCUT2D eigenvalue weighted by Gasteiger charge is -2.11. The van der Waals surface area contributed by atoms with Gasteiger partial charge in [0.1, 0.15) is 5.78 Å². The van der Waals surface area contributed by atoms with Crippen molar-refractivity contribution in [2.24, 2.45) is 0 Å². The first-order valence-corrected chi connectivity index (χ1v) is 6.90. The Morgan fingerprint density at radius 2 is 1.62 bits per heavy atom. The molecule has 0 saturated heterocycles. The van der Waals surface area contributed by atoms with Crippen LogP contribution in [0.5, 0.6) is 0 Å². The Labute approximate surface area is 123 Å². The predicted molar refractivity (Wildman–Crippen MR) is 79.4 cm³/mol. The largest absolute Gasteiger partial charge is 0.299 e. The average molecular weight is 288 g/mol. The molecular weight excluding hydrogens is 270 g/mol. The SMILES string of the molecule is Cc1cc(C)c(CC(=O)Cc2cccc(F)c2F)c(C)c1. The zero-order valence-corrected chi connectivity index (χ0v) is 12.5. The van der Waals surface area contributed by atoms with Gasteiger partial charge in [-0.3, -0.25) is 4.79 Å². The van der Waals surface area contributed by atoms with Gasteiger partial charge in [-0.15, -0.1) is 0 Å². The Kier molecular flexibility index (Phi) is 4.51. The monoisotopic (exact) mass is 288 g/mol. The summed E-state index contributed by atoms with van der Waals surface area (Å²) in [4.78, 5) is 12.1. The van der Waals surface area contributed by atoms with E-state index in [1.54, 1.807) is 0 Å². The van der Waals surface area contributed by atoms with Crippen LogP contribution in [0.15, 0.2) is 30.3 Å². The standard InChI is InChI=1S/C18H18F2O/c1-11-7-12(2)16(13(3)8-11)10-15(21)9-14-5-4-6-17(19)18(14)20/h4-8H,9-10H2,1-3H3. The minimum atomic E-state index is -0.928. The maximum atomic E-state index is 13.6. The van der Waals surface area contributed by atoms with Gasteiger partial charge in [-0.05, 0) is 49.1 Å². The maximum absolute atomic E-state index is 13.6. The molecule has 0 amide bonds. The number of ketones is 1. The molecule has 2 aromatic carbocycles.